The number of benzene rings is 1. The maximum absolute atomic E-state index is 13.1. The summed E-state index contributed by atoms with van der Waals surface area (Å²) in [5.41, 5.74) is -0.738. The number of carbonyl (C=O) groups excluding carboxylic acids is 1. The topological polar surface area (TPSA) is 49.6 Å². The van der Waals surface area contributed by atoms with Gasteiger partial charge in [0.05, 0.1) is 22.0 Å². The third-order valence-electron chi connectivity index (χ3n) is 4.28. The largest absolute Gasteiger partial charge is 0.459 e. The number of hydrogen-bond donors (Lipinski definition) is 0. The van der Waals surface area contributed by atoms with Crippen LogP contribution in [0.3, 0.4) is 0 Å². The molecule has 26 heavy (non-hydrogen) atoms. The van der Waals surface area contributed by atoms with E-state index >= 15 is 0 Å². The van der Waals surface area contributed by atoms with E-state index in [-0.39, 0.29) is 17.2 Å². The number of aromatic nitrogens is 1. The number of amides is 1. The van der Waals surface area contributed by atoms with Crippen molar-refractivity contribution in [3.8, 4) is 0 Å². The van der Waals surface area contributed by atoms with Gasteiger partial charge in [0, 0.05) is 26.2 Å². The summed E-state index contributed by atoms with van der Waals surface area (Å²) in [7, 11) is 0. The molecule has 2 aromatic heterocycles. The van der Waals surface area contributed by atoms with Gasteiger partial charge in [-0.2, -0.15) is 13.2 Å². The zero-order valence-electron chi connectivity index (χ0n) is 13.5. The number of anilines is 1. The molecule has 0 N–H and O–H groups in total. The number of hydrogen-bond acceptors (Lipinski definition) is 5. The molecule has 1 aromatic carbocycles. The van der Waals surface area contributed by atoms with Gasteiger partial charge in [-0.3, -0.25) is 4.79 Å². The van der Waals surface area contributed by atoms with E-state index in [1.54, 1.807) is 23.1 Å². The zero-order valence-corrected chi connectivity index (χ0v) is 14.3. The molecule has 1 saturated heterocycles. The molecule has 1 fully saturated rings. The Labute approximate surface area is 150 Å². The number of rotatable bonds is 2. The molecule has 0 aliphatic carbocycles. The number of para-hydroxylation sites is 1. The van der Waals surface area contributed by atoms with Crippen LogP contribution in [0.2, 0.25) is 0 Å². The Morgan fingerprint density at radius 2 is 1.88 bits per heavy atom. The van der Waals surface area contributed by atoms with Crippen LogP contribution in [0.4, 0.5) is 18.3 Å². The van der Waals surface area contributed by atoms with Crippen molar-refractivity contribution in [3.05, 3.63) is 47.9 Å². The van der Waals surface area contributed by atoms with Crippen molar-refractivity contribution < 1.29 is 22.4 Å². The summed E-state index contributed by atoms with van der Waals surface area (Å²) in [5, 5.41) is 0.543. The number of carbonyl (C=O) groups is 1. The molecule has 1 amide bonds. The second kappa shape index (κ2) is 6.31. The van der Waals surface area contributed by atoms with E-state index < -0.39 is 11.7 Å². The minimum absolute atomic E-state index is 0.0194. The lowest BCUT2D eigenvalue weighted by atomic mass is 10.2. The van der Waals surface area contributed by atoms with Crippen LogP contribution in [0.15, 0.2) is 41.0 Å². The van der Waals surface area contributed by atoms with Crippen LogP contribution < -0.4 is 4.90 Å². The fourth-order valence-electron chi connectivity index (χ4n) is 2.96. The molecule has 1 aliphatic rings. The predicted octanol–water partition coefficient (Wildman–Crippen LogP) is 3.87. The highest BCUT2D eigenvalue weighted by Gasteiger charge is 2.34. The lowest BCUT2D eigenvalue weighted by Crippen LogP contribution is -2.48. The average Bonchev–Trinajstić information content (AvgIpc) is 3.29. The van der Waals surface area contributed by atoms with E-state index in [1.165, 1.54) is 23.7 Å². The summed E-state index contributed by atoms with van der Waals surface area (Å²) < 4.78 is 45.1. The number of piperazine rings is 1. The molecule has 0 radical (unpaired) electrons. The summed E-state index contributed by atoms with van der Waals surface area (Å²) >= 11 is 1.23. The Morgan fingerprint density at radius 3 is 2.54 bits per heavy atom. The van der Waals surface area contributed by atoms with Gasteiger partial charge in [-0.1, -0.05) is 17.4 Å². The Bertz CT molecular complexity index is 929. The molecule has 0 spiro atoms. The quantitative estimate of drug-likeness (QED) is 0.676. The van der Waals surface area contributed by atoms with Crippen molar-refractivity contribution in [3.63, 3.8) is 0 Å². The monoisotopic (exact) mass is 381 g/mol. The highest BCUT2D eigenvalue weighted by Crippen LogP contribution is 2.38. The van der Waals surface area contributed by atoms with Gasteiger partial charge in [-0.05, 0) is 24.3 Å². The van der Waals surface area contributed by atoms with Crippen molar-refractivity contribution in [2.75, 3.05) is 31.1 Å². The summed E-state index contributed by atoms with van der Waals surface area (Å²) in [6, 6.07) is 7.35. The van der Waals surface area contributed by atoms with Gasteiger partial charge < -0.3 is 14.2 Å². The first-order valence-electron chi connectivity index (χ1n) is 7.98. The third kappa shape index (κ3) is 3.03. The molecule has 9 heteroatoms. The summed E-state index contributed by atoms with van der Waals surface area (Å²) in [5.74, 6) is 0.103. The molecule has 0 atom stereocenters. The van der Waals surface area contributed by atoms with Crippen LogP contribution in [-0.2, 0) is 6.18 Å². The van der Waals surface area contributed by atoms with Crippen molar-refractivity contribution in [2.45, 2.75) is 6.18 Å². The summed E-state index contributed by atoms with van der Waals surface area (Å²) in [4.78, 5) is 20.1. The first-order valence-corrected chi connectivity index (χ1v) is 8.79. The van der Waals surface area contributed by atoms with Crippen LogP contribution in [0, 0.1) is 0 Å². The average molecular weight is 381 g/mol. The Kier molecular flexibility index (Phi) is 4.10. The van der Waals surface area contributed by atoms with Gasteiger partial charge in [0.15, 0.2) is 10.9 Å². The first kappa shape index (κ1) is 16.9. The molecule has 0 bridgehead atoms. The van der Waals surface area contributed by atoms with Gasteiger partial charge >= 0.3 is 6.18 Å². The SMILES string of the molecule is O=C(c1ccco1)N1CCN(c2nc3c(C(F)(F)F)cccc3s2)CC1. The standard InChI is InChI=1S/C17H14F3N3O2S/c18-17(19,20)11-3-1-5-13-14(11)21-16(26-13)23-8-6-22(7-9-23)15(24)12-4-2-10-25-12/h1-5,10H,6-9H2. The molecule has 136 valence electrons. The lowest BCUT2D eigenvalue weighted by molar-refractivity contribution is -0.136. The third-order valence-corrected chi connectivity index (χ3v) is 5.36. The van der Waals surface area contributed by atoms with Gasteiger partial charge in [0.1, 0.15) is 0 Å². The number of nitrogens with zero attached hydrogens (tertiary/aromatic N) is 3. The Hall–Kier alpha value is -2.55. The van der Waals surface area contributed by atoms with E-state index in [1.807, 2.05) is 4.90 Å². The predicted molar refractivity (Wildman–Crippen MR) is 91.4 cm³/mol. The Balaban J connectivity index is 1.52. The minimum Gasteiger partial charge on any atom is -0.459 e. The second-order valence-corrected chi connectivity index (χ2v) is 6.91. The van der Waals surface area contributed by atoms with Crippen molar-refractivity contribution in [2.24, 2.45) is 0 Å². The molecular formula is C17H14F3N3O2S. The molecule has 3 aromatic rings. The van der Waals surface area contributed by atoms with Crippen molar-refractivity contribution in [1.82, 2.24) is 9.88 Å². The van der Waals surface area contributed by atoms with E-state index in [9.17, 15) is 18.0 Å². The fraction of sp³-hybridized carbons (Fsp3) is 0.294. The van der Waals surface area contributed by atoms with Crippen molar-refractivity contribution in [1.29, 1.82) is 0 Å². The van der Waals surface area contributed by atoms with Crippen molar-refractivity contribution >= 4 is 32.6 Å². The lowest BCUT2D eigenvalue weighted by Gasteiger charge is -2.34. The summed E-state index contributed by atoms with van der Waals surface area (Å²) in [6.45, 7) is 1.93. The second-order valence-electron chi connectivity index (χ2n) is 5.90. The van der Waals surface area contributed by atoms with E-state index in [2.05, 4.69) is 4.98 Å². The van der Waals surface area contributed by atoms with E-state index in [0.29, 0.717) is 36.0 Å². The molecule has 0 saturated carbocycles. The van der Waals surface area contributed by atoms with Crippen LogP contribution >= 0.6 is 11.3 Å². The highest BCUT2D eigenvalue weighted by atomic mass is 32.1. The molecule has 0 unspecified atom stereocenters. The zero-order chi connectivity index (χ0) is 18.3. The number of alkyl halides is 3. The maximum Gasteiger partial charge on any atom is 0.418 e. The number of halogens is 3. The molecule has 5 nitrogen and oxygen atoms in total. The minimum atomic E-state index is -4.43. The molecule has 3 heterocycles. The maximum atomic E-state index is 13.1. The van der Waals surface area contributed by atoms with Gasteiger partial charge in [0.2, 0.25) is 0 Å². The highest BCUT2D eigenvalue weighted by molar-refractivity contribution is 7.22. The summed E-state index contributed by atoms with van der Waals surface area (Å²) in [6.07, 6.45) is -2.98. The van der Waals surface area contributed by atoms with Gasteiger partial charge in [-0.15, -0.1) is 0 Å². The molecule has 4 rings (SSSR count). The van der Waals surface area contributed by atoms with Crippen LogP contribution in [0.25, 0.3) is 10.2 Å². The number of furan rings is 1. The first-order chi connectivity index (χ1) is 12.4. The van der Waals surface area contributed by atoms with Gasteiger partial charge in [0.25, 0.3) is 5.91 Å². The molecular weight excluding hydrogens is 367 g/mol. The van der Waals surface area contributed by atoms with Gasteiger partial charge in [-0.25, -0.2) is 4.98 Å². The molecule has 1 aliphatic heterocycles. The normalized spacial score (nSPS) is 15.7. The van der Waals surface area contributed by atoms with E-state index in [0.717, 1.165) is 6.07 Å². The number of fused-ring (bicyclic) bond motifs is 1. The fourth-order valence-corrected chi connectivity index (χ4v) is 4.00. The smallest absolute Gasteiger partial charge is 0.418 e. The van der Waals surface area contributed by atoms with Crippen LogP contribution in [0.1, 0.15) is 16.1 Å². The number of thiazole rings is 1. The van der Waals surface area contributed by atoms with E-state index in [4.69, 9.17) is 4.42 Å². The van der Waals surface area contributed by atoms with Crippen LogP contribution in [-0.4, -0.2) is 42.0 Å². The Morgan fingerprint density at radius 1 is 1.12 bits per heavy atom. The van der Waals surface area contributed by atoms with Crippen LogP contribution in [0.5, 0.6) is 0 Å².